The summed E-state index contributed by atoms with van der Waals surface area (Å²) in [7, 11) is 0. The van der Waals surface area contributed by atoms with Crippen molar-refractivity contribution in [2.24, 2.45) is 11.8 Å². The number of hydrogen-bond acceptors (Lipinski definition) is 6. The maximum absolute atomic E-state index is 14.5. The van der Waals surface area contributed by atoms with Crippen LogP contribution in [0.1, 0.15) is 109 Å². The second kappa shape index (κ2) is 16.2. The summed E-state index contributed by atoms with van der Waals surface area (Å²) in [6, 6.07) is 8.54. The number of ketones is 1. The van der Waals surface area contributed by atoms with Crippen LogP contribution in [-0.2, 0) is 9.53 Å². The maximum atomic E-state index is 14.5. The van der Waals surface area contributed by atoms with Gasteiger partial charge in [0.2, 0.25) is 0 Å². The van der Waals surface area contributed by atoms with Crippen molar-refractivity contribution in [3.05, 3.63) is 53.6 Å². The lowest BCUT2D eigenvalue weighted by atomic mass is 9.71. The summed E-state index contributed by atoms with van der Waals surface area (Å²) in [5, 5.41) is 11.1. The average molecular weight is 591 g/mol. The highest BCUT2D eigenvalue weighted by Crippen LogP contribution is 2.44. The summed E-state index contributed by atoms with van der Waals surface area (Å²) in [5.74, 6) is 0.203. The fraction of sp³-hybridized carbons (Fsp3) is 0.639. The van der Waals surface area contributed by atoms with E-state index in [0.29, 0.717) is 31.5 Å². The van der Waals surface area contributed by atoms with Gasteiger partial charge in [-0.3, -0.25) is 15.1 Å². The molecule has 1 saturated carbocycles. The van der Waals surface area contributed by atoms with Gasteiger partial charge >= 0.3 is 6.09 Å². The number of benzene rings is 1. The molecule has 1 N–H and O–H groups in total. The minimum Gasteiger partial charge on any atom is -0.442 e. The van der Waals surface area contributed by atoms with E-state index >= 15 is 0 Å². The molecule has 1 heterocycles. The summed E-state index contributed by atoms with van der Waals surface area (Å²) < 4.78 is 6.73. The molecule has 236 valence electrons. The van der Waals surface area contributed by atoms with Crippen LogP contribution in [0.25, 0.3) is 0 Å². The first-order chi connectivity index (χ1) is 20.5. The van der Waals surface area contributed by atoms with Gasteiger partial charge in [0.15, 0.2) is 5.78 Å². The number of nitrogens with zero attached hydrogens (tertiary/aromatic N) is 3. The Kier molecular flexibility index (Phi) is 13.0. The SMILES string of the molecule is C=C1CCCC(OC(=O)N(CC(C)C(=C)C(C)=O)c2cc(C3CNN(CCC#N)C3)ccc2C)(C(CC)CCCCC)C1. The molecule has 7 heteroatoms. The molecule has 3 rings (SSSR count). The predicted octanol–water partition coefficient (Wildman–Crippen LogP) is 8.01. The number of Topliss-reactive ketones (excluding diaryl/α,β-unsaturated/α-hetero) is 1. The molecule has 1 amide bonds. The van der Waals surface area contributed by atoms with E-state index in [0.717, 1.165) is 80.4 Å². The van der Waals surface area contributed by atoms with E-state index in [1.807, 2.05) is 13.8 Å². The minimum absolute atomic E-state index is 0.0669. The van der Waals surface area contributed by atoms with E-state index in [1.54, 1.807) is 4.90 Å². The minimum atomic E-state index is -0.573. The fourth-order valence-electron chi connectivity index (χ4n) is 6.85. The summed E-state index contributed by atoms with van der Waals surface area (Å²) >= 11 is 0. The van der Waals surface area contributed by atoms with Crippen molar-refractivity contribution < 1.29 is 14.3 Å². The number of amides is 1. The van der Waals surface area contributed by atoms with Crippen molar-refractivity contribution in [1.82, 2.24) is 10.4 Å². The maximum Gasteiger partial charge on any atom is 0.414 e. The molecule has 7 nitrogen and oxygen atoms in total. The van der Waals surface area contributed by atoms with Gasteiger partial charge in [0, 0.05) is 50.9 Å². The molecule has 4 atom stereocenters. The number of aryl methyl sites for hydroxylation is 1. The third-order valence-electron chi connectivity index (χ3n) is 9.58. The summed E-state index contributed by atoms with van der Waals surface area (Å²) in [6.45, 7) is 20.9. The molecule has 1 aromatic rings. The molecule has 0 spiro atoms. The molecule has 0 bridgehead atoms. The second-order valence-electron chi connectivity index (χ2n) is 12.9. The highest BCUT2D eigenvalue weighted by Gasteiger charge is 2.44. The van der Waals surface area contributed by atoms with Gasteiger partial charge < -0.3 is 4.74 Å². The smallest absolute Gasteiger partial charge is 0.414 e. The zero-order valence-corrected chi connectivity index (χ0v) is 27.3. The Bertz CT molecular complexity index is 1190. The van der Waals surface area contributed by atoms with Crippen molar-refractivity contribution in [2.75, 3.05) is 31.1 Å². The number of nitriles is 1. The van der Waals surface area contributed by atoms with Crippen molar-refractivity contribution in [1.29, 1.82) is 5.26 Å². The number of carbonyl (C=O) groups excluding carboxylic acids is 2. The molecule has 43 heavy (non-hydrogen) atoms. The summed E-state index contributed by atoms with van der Waals surface area (Å²) in [6.07, 6.45) is 9.07. The summed E-state index contributed by atoms with van der Waals surface area (Å²) in [4.78, 5) is 28.5. The van der Waals surface area contributed by atoms with Gasteiger partial charge in [-0.25, -0.2) is 9.80 Å². The summed E-state index contributed by atoms with van der Waals surface area (Å²) in [5.41, 5.74) is 7.42. The van der Waals surface area contributed by atoms with Crippen molar-refractivity contribution in [3.63, 3.8) is 0 Å². The van der Waals surface area contributed by atoms with Gasteiger partial charge in [-0.05, 0) is 74.6 Å². The number of carbonyl (C=O) groups is 2. The molecular weight excluding hydrogens is 536 g/mol. The van der Waals surface area contributed by atoms with E-state index in [2.05, 4.69) is 61.7 Å². The first kappa shape index (κ1) is 34.5. The third kappa shape index (κ3) is 9.03. The van der Waals surface area contributed by atoms with Crippen LogP contribution in [0, 0.1) is 30.1 Å². The number of nitrogens with one attached hydrogen (secondary N) is 1. The quantitative estimate of drug-likeness (QED) is 0.126. The molecular formula is C36H54N4O3. The topological polar surface area (TPSA) is 85.7 Å². The van der Waals surface area contributed by atoms with E-state index in [9.17, 15) is 9.59 Å². The Morgan fingerprint density at radius 1 is 1.30 bits per heavy atom. The average Bonchev–Trinajstić information content (AvgIpc) is 3.45. The zero-order valence-electron chi connectivity index (χ0n) is 27.3. The van der Waals surface area contributed by atoms with Gasteiger partial charge in [-0.15, -0.1) is 0 Å². The standard InChI is InChI=1S/C36H54N4O3/c1-8-10-11-15-33(9-2)36(18-12-14-26(3)22-36)43-35(42)40(24-28(5)29(6)30(7)41)34-21-31(17-16-27(34)4)32-23-38-39(25-32)20-13-19-37/h16-17,21,28,32-33,38H,3,6,8-15,18,20,22-25H2,1-2,4-5,7H3. The normalized spacial score (nSPS) is 22.0. The Balaban J connectivity index is 1.98. The number of unbranched alkanes of at least 4 members (excludes halogenated alkanes) is 2. The molecule has 1 aliphatic heterocycles. The monoisotopic (exact) mass is 590 g/mol. The molecule has 2 aliphatic rings. The van der Waals surface area contributed by atoms with E-state index in [-0.39, 0.29) is 29.6 Å². The van der Waals surface area contributed by atoms with Crippen LogP contribution in [-0.4, -0.2) is 48.7 Å². The Morgan fingerprint density at radius 3 is 2.72 bits per heavy atom. The van der Waals surface area contributed by atoms with Gasteiger partial charge in [-0.2, -0.15) is 5.26 Å². The molecule has 0 aromatic heterocycles. The lowest BCUT2D eigenvalue weighted by molar-refractivity contribution is -0.114. The molecule has 4 unspecified atom stereocenters. The van der Waals surface area contributed by atoms with Crippen molar-refractivity contribution in [3.8, 4) is 6.07 Å². The van der Waals surface area contributed by atoms with Gasteiger partial charge in [0.25, 0.3) is 0 Å². The molecule has 0 radical (unpaired) electrons. The van der Waals surface area contributed by atoms with Crippen LogP contribution in [0.5, 0.6) is 0 Å². The number of hydrazine groups is 1. The third-order valence-corrected chi connectivity index (χ3v) is 9.58. The van der Waals surface area contributed by atoms with Crippen LogP contribution in [0.15, 0.2) is 42.5 Å². The zero-order chi connectivity index (χ0) is 31.6. The lowest BCUT2D eigenvalue weighted by Gasteiger charge is -2.44. The van der Waals surface area contributed by atoms with E-state index in [1.165, 1.54) is 13.3 Å². The van der Waals surface area contributed by atoms with Crippen LogP contribution in [0.4, 0.5) is 10.5 Å². The Labute approximate surface area is 260 Å². The first-order valence-electron chi connectivity index (χ1n) is 16.4. The van der Waals surface area contributed by atoms with Gasteiger partial charge in [0.05, 0.1) is 11.8 Å². The van der Waals surface area contributed by atoms with Crippen LogP contribution in [0.3, 0.4) is 0 Å². The fourth-order valence-corrected chi connectivity index (χ4v) is 6.85. The Hall–Kier alpha value is -2.95. The highest BCUT2D eigenvalue weighted by atomic mass is 16.6. The van der Waals surface area contributed by atoms with E-state index < -0.39 is 5.60 Å². The van der Waals surface area contributed by atoms with Gasteiger partial charge in [-0.1, -0.05) is 70.9 Å². The van der Waals surface area contributed by atoms with Crippen LogP contribution in [0.2, 0.25) is 0 Å². The number of rotatable bonds is 15. The molecule has 1 saturated heterocycles. The molecule has 1 aliphatic carbocycles. The number of ether oxygens (including phenoxy) is 1. The molecule has 2 fully saturated rings. The number of anilines is 1. The highest BCUT2D eigenvalue weighted by molar-refractivity contribution is 5.94. The lowest BCUT2D eigenvalue weighted by Crippen LogP contribution is -2.49. The number of hydrogen-bond donors (Lipinski definition) is 1. The van der Waals surface area contributed by atoms with Crippen LogP contribution < -0.4 is 10.3 Å². The first-order valence-corrected chi connectivity index (χ1v) is 16.4. The van der Waals surface area contributed by atoms with Gasteiger partial charge in [0.1, 0.15) is 5.60 Å². The Morgan fingerprint density at radius 2 is 2.07 bits per heavy atom. The second-order valence-corrected chi connectivity index (χ2v) is 12.9. The van der Waals surface area contributed by atoms with Crippen molar-refractivity contribution in [2.45, 2.75) is 110 Å². The predicted molar refractivity (Wildman–Crippen MR) is 175 cm³/mol. The van der Waals surface area contributed by atoms with Crippen molar-refractivity contribution >= 4 is 17.6 Å². The molecule has 1 aromatic carbocycles. The van der Waals surface area contributed by atoms with E-state index in [4.69, 9.17) is 10.00 Å². The van der Waals surface area contributed by atoms with Crippen LogP contribution >= 0.6 is 0 Å². The largest absolute Gasteiger partial charge is 0.442 e.